The smallest absolute Gasteiger partial charge is 0.325 e. The zero-order valence-electron chi connectivity index (χ0n) is 16.0. The van der Waals surface area contributed by atoms with E-state index in [1.165, 1.54) is 11.2 Å². The number of nitrogens with one attached hydrogen (secondary N) is 3. The molecule has 0 bridgehead atoms. The third-order valence-corrected chi connectivity index (χ3v) is 4.79. The fraction of sp³-hybridized carbons (Fsp3) is 0.190. The van der Waals surface area contributed by atoms with E-state index >= 15 is 0 Å². The first-order valence-corrected chi connectivity index (χ1v) is 9.51. The van der Waals surface area contributed by atoms with Crippen molar-refractivity contribution in [2.24, 2.45) is 0 Å². The summed E-state index contributed by atoms with van der Waals surface area (Å²) in [5.41, 5.74) is 2.27. The summed E-state index contributed by atoms with van der Waals surface area (Å²) in [6, 6.07) is 15.4. The highest BCUT2D eigenvalue weighted by atomic mass is 16.2. The van der Waals surface area contributed by atoms with Crippen molar-refractivity contribution >= 4 is 23.5 Å². The van der Waals surface area contributed by atoms with Crippen LogP contribution in [0.1, 0.15) is 18.4 Å². The van der Waals surface area contributed by atoms with E-state index < -0.39 is 12.1 Å². The molecule has 9 heteroatoms. The van der Waals surface area contributed by atoms with Gasteiger partial charge in [0.05, 0.1) is 6.54 Å². The van der Waals surface area contributed by atoms with Crippen LogP contribution in [0.2, 0.25) is 0 Å². The summed E-state index contributed by atoms with van der Waals surface area (Å²) in [4.78, 5) is 42.3. The van der Waals surface area contributed by atoms with Gasteiger partial charge in [-0.1, -0.05) is 42.5 Å². The van der Waals surface area contributed by atoms with E-state index in [1.807, 2.05) is 36.4 Å². The van der Waals surface area contributed by atoms with Crippen LogP contribution in [0.5, 0.6) is 0 Å². The zero-order chi connectivity index (χ0) is 20.9. The monoisotopic (exact) mass is 404 g/mol. The SMILES string of the molecule is O=C(CC[C@@H]1NC(=O)N(Cc2ccccc2)C1=O)Nc1cccc(-c2ncn[nH]2)c1. The number of amides is 4. The molecule has 1 saturated heterocycles. The Morgan fingerprint density at radius 2 is 1.93 bits per heavy atom. The predicted octanol–water partition coefficient (Wildman–Crippen LogP) is 2.31. The molecule has 0 radical (unpaired) electrons. The lowest BCUT2D eigenvalue weighted by Gasteiger charge is -2.13. The fourth-order valence-corrected chi connectivity index (χ4v) is 3.28. The molecule has 9 nitrogen and oxygen atoms in total. The number of hydrogen-bond donors (Lipinski definition) is 3. The third kappa shape index (κ3) is 4.35. The molecule has 30 heavy (non-hydrogen) atoms. The summed E-state index contributed by atoms with van der Waals surface area (Å²) in [5, 5.41) is 12.1. The van der Waals surface area contributed by atoms with Crippen LogP contribution in [0.4, 0.5) is 10.5 Å². The van der Waals surface area contributed by atoms with Gasteiger partial charge in [-0.3, -0.25) is 19.6 Å². The van der Waals surface area contributed by atoms with Crippen LogP contribution in [-0.2, 0) is 16.1 Å². The fourth-order valence-electron chi connectivity index (χ4n) is 3.28. The molecule has 0 spiro atoms. The number of urea groups is 1. The van der Waals surface area contributed by atoms with Crippen LogP contribution in [0.25, 0.3) is 11.4 Å². The largest absolute Gasteiger partial charge is 0.326 e. The normalized spacial score (nSPS) is 15.9. The Balaban J connectivity index is 1.31. The van der Waals surface area contributed by atoms with E-state index in [1.54, 1.807) is 18.2 Å². The van der Waals surface area contributed by atoms with Crippen LogP contribution < -0.4 is 10.6 Å². The molecule has 2 aromatic carbocycles. The maximum Gasteiger partial charge on any atom is 0.325 e. The Morgan fingerprint density at radius 3 is 2.70 bits per heavy atom. The molecule has 4 rings (SSSR count). The van der Waals surface area contributed by atoms with Gasteiger partial charge in [0.25, 0.3) is 5.91 Å². The van der Waals surface area contributed by atoms with Gasteiger partial charge in [-0.2, -0.15) is 5.10 Å². The van der Waals surface area contributed by atoms with E-state index in [4.69, 9.17) is 0 Å². The number of benzene rings is 2. The summed E-state index contributed by atoms with van der Waals surface area (Å²) in [5.74, 6) is 0.0427. The summed E-state index contributed by atoms with van der Waals surface area (Å²) in [6.07, 6.45) is 1.74. The molecule has 2 heterocycles. The minimum Gasteiger partial charge on any atom is -0.326 e. The second-order valence-corrected chi connectivity index (χ2v) is 6.91. The van der Waals surface area contributed by atoms with Gasteiger partial charge >= 0.3 is 6.03 Å². The second-order valence-electron chi connectivity index (χ2n) is 6.91. The molecular formula is C21H20N6O3. The summed E-state index contributed by atoms with van der Waals surface area (Å²) < 4.78 is 0. The van der Waals surface area contributed by atoms with Crippen LogP contribution in [-0.4, -0.2) is 44.0 Å². The van der Waals surface area contributed by atoms with Crippen molar-refractivity contribution in [3.8, 4) is 11.4 Å². The maximum atomic E-state index is 12.6. The van der Waals surface area contributed by atoms with Gasteiger partial charge in [-0.25, -0.2) is 9.78 Å². The molecule has 0 saturated carbocycles. The number of H-pyrrole nitrogens is 1. The number of nitrogens with zero attached hydrogens (tertiary/aromatic N) is 3. The van der Waals surface area contributed by atoms with Gasteiger partial charge in [0.1, 0.15) is 12.4 Å². The van der Waals surface area contributed by atoms with Crippen molar-refractivity contribution in [2.75, 3.05) is 5.32 Å². The standard InChI is InChI=1S/C21H20N6O3/c28-18(24-16-8-4-7-15(11-16)19-22-13-23-26-19)10-9-17-20(29)27(21(30)25-17)12-14-5-2-1-3-6-14/h1-8,11,13,17H,9-10,12H2,(H,24,28)(H,25,30)(H,22,23,26)/t17-/m0/s1. The molecule has 152 valence electrons. The highest BCUT2D eigenvalue weighted by molar-refractivity contribution is 6.04. The maximum absolute atomic E-state index is 12.6. The van der Waals surface area contributed by atoms with Crippen molar-refractivity contribution in [3.05, 3.63) is 66.5 Å². The Morgan fingerprint density at radius 1 is 1.10 bits per heavy atom. The Hall–Kier alpha value is -4.01. The topological polar surface area (TPSA) is 120 Å². The predicted molar refractivity (Wildman–Crippen MR) is 109 cm³/mol. The second kappa shape index (κ2) is 8.56. The van der Waals surface area contributed by atoms with E-state index in [9.17, 15) is 14.4 Å². The Kier molecular flexibility index (Phi) is 5.51. The van der Waals surface area contributed by atoms with Crippen LogP contribution in [0.3, 0.4) is 0 Å². The highest BCUT2D eigenvalue weighted by Crippen LogP contribution is 2.19. The molecule has 1 aromatic heterocycles. The quantitative estimate of drug-likeness (QED) is 0.522. The van der Waals surface area contributed by atoms with E-state index in [2.05, 4.69) is 25.8 Å². The molecule has 3 aromatic rings. The van der Waals surface area contributed by atoms with Crippen molar-refractivity contribution in [3.63, 3.8) is 0 Å². The first kappa shape index (κ1) is 19.3. The first-order valence-electron chi connectivity index (χ1n) is 9.51. The number of carbonyl (C=O) groups is 3. The van der Waals surface area contributed by atoms with E-state index in [0.717, 1.165) is 11.1 Å². The number of carbonyl (C=O) groups excluding carboxylic acids is 3. The van der Waals surface area contributed by atoms with Crippen molar-refractivity contribution in [2.45, 2.75) is 25.4 Å². The zero-order valence-corrected chi connectivity index (χ0v) is 16.0. The average molecular weight is 404 g/mol. The van der Waals surface area contributed by atoms with Gasteiger partial charge < -0.3 is 10.6 Å². The lowest BCUT2D eigenvalue weighted by atomic mass is 10.1. The van der Waals surface area contributed by atoms with Crippen molar-refractivity contribution < 1.29 is 14.4 Å². The number of aromatic amines is 1. The first-order chi connectivity index (χ1) is 14.6. The summed E-state index contributed by atoms with van der Waals surface area (Å²) in [6.45, 7) is 0.211. The summed E-state index contributed by atoms with van der Waals surface area (Å²) >= 11 is 0. The van der Waals surface area contributed by atoms with Crippen LogP contribution in [0, 0.1) is 0 Å². The van der Waals surface area contributed by atoms with E-state index in [-0.39, 0.29) is 31.2 Å². The molecule has 0 aliphatic carbocycles. The average Bonchev–Trinajstić information content (AvgIpc) is 3.38. The Bertz CT molecular complexity index is 1050. The minimum absolute atomic E-state index is 0.0996. The molecule has 1 fully saturated rings. The number of aromatic nitrogens is 3. The highest BCUT2D eigenvalue weighted by Gasteiger charge is 2.37. The molecule has 0 unspecified atom stereocenters. The van der Waals surface area contributed by atoms with Gasteiger partial charge in [-0.15, -0.1) is 0 Å². The van der Waals surface area contributed by atoms with Crippen molar-refractivity contribution in [1.29, 1.82) is 0 Å². The van der Waals surface area contributed by atoms with Gasteiger partial charge in [0.15, 0.2) is 5.82 Å². The Labute approximate surface area is 172 Å². The lowest BCUT2D eigenvalue weighted by Crippen LogP contribution is -2.31. The van der Waals surface area contributed by atoms with E-state index in [0.29, 0.717) is 11.5 Å². The van der Waals surface area contributed by atoms with Gasteiger partial charge in [0, 0.05) is 17.7 Å². The minimum atomic E-state index is -0.701. The summed E-state index contributed by atoms with van der Waals surface area (Å²) in [7, 11) is 0. The van der Waals surface area contributed by atoms with Crippen LogP contribution >= 0.6 is 0 Å². The van der Waals surface area contributed by atoms with Gasteiger partial charge in [0.2, 0.25) is 5.91 Å². The van der Waals surface area contributed by atoms with Gasteiger partial charge in [-0.05, 0) is 24.1 Å². The molecule has 1 atom stereocenters. The molecule has 1 aliphatic heterocycles. The molecule has 3 N–H and O–H groups in total. The number of anilines is 1. The number of imide groups is 1. The number of rotatable bonds is 7. The number of hydrogen-bond acceptors (Lipinski definition) is 5. The molecular weight excluding hydrogens is 384 g/mol. The third-order valence-electron chi connectivity index (χ3n) is 4.79. The molecule has 4 amide bonds. The lowest BCUT2D eigenvalue weighted by molar-refractivity contribution is -0.128. The van der Waals surface area contributed by atoms with Crippen LogP contribution in [0.15, 0.2) is 60.9 Å². The van der Waals surface area contributed by atoms with Crippen molar-refractivity contribution in [1.82, 2.24) is 25.4 Å². The molecule has 1 aliphatic rings.